The summed E-state index contributed by atoms with van der Waals surface area (Å²) in [6, 6.07) is 1.50. The van der Waals surface area contributed by atoms with Gasteiger partial charge in [-0.05, 0) is 38.1 Å². The highest BCUT2D eigenvalue weighted by Crippen LogP contribution is 2.31. The second kappa shape index (κ2) is 6.58. The van der Waals surface area contributed by atoms with Crippen molar-refractivity contribution in [3.05, 3.63) is 0 Å². The van der Waals surface area contributed by atoms with E-state index in [0.717, 1.165) is 31.2 Å². The summed E-state index contributed by atoms with van der Waals surface area (Å²) in [6.45, 7) is 3.07. The molecule has 2 aliphatic rings. The molecule has 16 heavy (non-hydrogen) atoms. The topological polar surface area (TPSA) is 33.3 Å². The van der Waals surface area contributed by atoms with Gasteiger partial charge in [-0.15, -0.1) is 0 Å². The molecule has 2 N–H and O–H groups in total. The fraction of sp³-hybridized carbons (Fsp3) is 1.00. The van der Waals surface area contributed by atoms with E-state index < -0.39 is 0 Å². The van der Waals surface area contributed by atoms with Crippen molar-refractivity contribution in [2.45, 2.75) is 50.6 Å². The number of piperidine rings is 1. The second-order valence-corrected chi connectivity index (χ2v) is 5.20. The number of nitrogens with one attached hydrogen (secondary N) is 2. The fourth-order valence-electron chi connectivity index (χ4n) is 3.31. The minimum atomic E-state index is 0.728. The number of ether oxygens (including phenoxy) is 1. The summed E-state index contributed by atoms with van der Waals surface area (Å²) in [4.78, 5) is 0. The molecule has 2 rings (SSSR count). The smallest absolute Gasteiger partial charge is 0.0587 e. The second-order valence-electron chi connectivity index (χ2n) is 5.20. The van der Waals surface area contributed by atoms with Gasteiger partial charge < -0.3 is 15.4 Å². The van der Waals surface area contributed by atoms with Crippen LogP contribution in [0.5, 0.6) is 0 Å². The monoisotopic (exact) mass is 226 g/mol. The Morgan fingerprint density at radius 2 is 2.12 bits per heavy atom. The first kappa shape index (κ1) is 12.3. The lowest BCUT2D eigenvalue weighted by Gasteiger charge is -2.33. The van der Waals surface area contributed by atoms with Gasteiger partial charge >= 0.3 is 0 Å². The fourth-order valence-corrected chi connectivity index (χ4v) is 3.31. The zero-order valence-electron chi connectivity index (χ0n) is 10.5. The number of hydrogen-bond donors (Lipinski definition) is 2. The average molecular weight is 226 g/mol. The molecule has 94 valence electrons. The summed E-state index contributed by atoms with van der Waals surface area (Å²) in [5.41, 5.74) is 0. The first-order chi connectivity index (χ1) is 7.92. The first-order valence-corrected chi connectivity index (χ1v) is 6.87. The van der Waals surface area contributed by atoms with Crippen molar-refractivity contribution in [1.29, 1.82) is 0 Å². The van der Waals surface area contributed by atoms with Crippen LogP contribution in [0.4, 0.5) is 0 Å². The average Bonchev–Trinajstić information content (AvgIpc) is 2.79. The minimum Gasteiger partial charge on any atom is -0.383 e. The molecule has 3 heteroatoms. The van der Waals surface area contributed by atoms with Crippen molar-refractivity contribution < 1.29 is 4.74 Å². The van der Waals surface area contributed by atoms with Crippen molar-refractivity contribution in [3.63, 3.8) is 0 Å². The van der Waals surface area contributed by atoms with Crippen molar-refractivity contribution in [1.82, 2.24) is 10.6 Å². The predicted molar refractivity (Wildman–Crippen MR) is 66.6 cm³/mol. The Bertz CT molecular complexity index is 192. The largest absolute Gasteiger partial charge is 0.383 e. The Hall–Kier alpha value is -0.120. The van der Waals surface area contributed by atoms with Gasteiger partial charge in [0.2, 0.25) is 0 Å². The van der Waals surface area contributed by atoms with Gasteiger partial charge in [0.05, 0.1) is 6.61 Å². The van der Waals surface area contributed by atoms with E-state index in [2.05, 4.69) is 10.6 Å². The molecular weight excluding hydrogens is 200 g/mol. The van der Waals surface area contributed by atoms with Crippen LogP contribution in [-0.4, -0.2) is 38.9 Å². The Morgan fingerprint density at radius 3 is 2.88 bits per heavy atom. The summed E-state index contributed by atoms with van der Waals surface area (Å²) in [5.74, 6) is 0.858. The Balaban J connectivity index is 1.77. The molecule has 2 fully saturated rings. The van der Waals surface area contributed by atoms with Crippen molar-refractivity contribution in [2.24, 2.45) is 5.92 Å². The summed E-state index contributed by atoms with van der Waals surface area (Å²) in [7, 11) is 1.77. The molecule has 0 aromatic heterocycles. The standard InChI is InChI=1S/C13H26N2O/c1-16-10-9-15-13-7-4-5-11(13)12-6-2-3-8-14-12/h11-15H,2-10H2,1H3. The van der Waals surface area contributed by atoms with Gasteiger partial charge in [0.25, 0.3) is 0 Å². The Morgan fingerprint density at radius 1 is 1.19 bits per heavy atom. The van der Waals surface area contributed by atoms with Crippen molar-refractivity contribution >= 4 is 0 Å². The number of hydrogen-bond acceptors (Lipinski definition) is 3. The predicted octanol–water partition coefficient (Wildman–Crippen LogP) is 1.53. The van der Waals surface area contributed by atoms with E-state index in [1.165, 1.54) is 45.1 Å². The van der Waals surface area contributed by atoms with Crippen LogP contribution in [-0.2, 0) is 4.74 Å². The van der Waals surface area contributed by atoms with Crippen LogP contribution in [0, 0.1) is 5.92 Å². The van der Waals surface area contributed by atoms with Crippen LogP contribution >= 0.6 is 0 Å². The third-order valence-corrected chi connectivity index (χ3v) is 4.15. The van der Waals surface area contributed by atoms with Gasteiger partial charge in [0.1, 0.15) is 0 Å². The molecule has 1 saturated carbocycles. The quantitative estimate of drug-likeness (QED) is 0.698. The van der Waals surface area contributed by atoms with Crippen LogP contribution in [0.25, 0.3) is 0 Å². The SMILES string of the molecule is COCCNC1CCCC1C1CCCCN1. The van der Waals surface area contributed by atoms with E-state index in [1.807, 2.05) is 0 Å². The normalized spacial score (nSPS) is 35.4. The molecule has 3 unspecified atom stereocenters. The van der Waals surface area contributed by atoms with E-state index in [0.29, 0.717) is 0 Å². The van der Waals surface area contributed by atoms with E-state index in [9.17, 15) is 0 Å². The zero-order valence-corrected chi connectivity index (χ0v) is 10.5. The van der Waals surface area contributed by atoms with E-state index in [-0.39, 0.29) is 0 Å². The van der Waals surface area contributed by atoms with Gasteiger partial charge in [-0.1, -0.05) is 12.8 Å². The van der Waals surface area contributed by atoms with E-state index in [4.69, 9.17) is 4.74 Å². The Kier molecular flexibility index (Phi) is 5.07. The molecule has 0 spiro atoms. The van der Waals surface area contributed by atoms with Gasteiger partial charge in [0.15, 0.2) is 0 Å². The van der Waals surface area contributed by atoms with Crippen molar-refractivity contribution in [2.75, 3.05) is 26.8 Å². The molecule has 0 bridgehead atoms. The molecule has 0 aromatic carbocycles. The third-order valence-electron chi connectivity index (χ3n) is 4.15. The molecular formula is C13H26N2O. The zero-order chi connectivity index (χ0) is 11.2. The number of rotatable bonds is 5. The maximum atomic E-state index is 5.10. The maximum Gasteiger partial charge on any atom is 0.0587 e. The van der Waals surface area contributed by atoms with E-state index in [1.54, 1.807) is 7.11 Å². The van der Waals surface area contributed by atoms with Crippen LogP contribution in [0.2, 0.25) is 0 Å². The van der Waals surface area contributed by atoms with E-state index >= 15 is 0 Å². The summed E-state index contributed by atoms with van der Waals surface area (Å²) < 4.78 is 5.10. The highest BCUT2D eigenvalue weighted by Gasteiger charge is 2.33. The van der Waals surface area contributed by atoms with Crippen LogP contribution in [0.15, 0.2) is 0 Å². The van der Waals surface area contributed by atoms with Gasteiger partial charge in [0, 0.05) is 25.7 Å². The molecule has 0 aromatic rings. The molecule has 3 nitrogen and oxygen atoms in total. The highest BCUT2D eigenvalue weighted by atomic mass is 16.5. The summed E-state index contributed by atoms with van der Waals surface area (Å²) in [6.07, 6.45) is 8.32. The summed E-state index contributed by atoms with van der Waals surface area (Å²) in [5, 5.41) is 7.38. The molecule has 0 amide bonds. The third kappa shape index (κ3) is 3.19. The number of methoxy groups -OCH3 is 1. The van der Waals surface area contributed by atoms with Gasteiger partial charge in [-0.3, -0.25) is 0 Å². The lowest BCUT2D eigenvalue weighted by atomic mass is 9.88. The molecule has 0 radical (unpaired) electrons. The van der Waals surface area contributed by atoms with Crippen LogP contribution < -0.4 is 10.6 Å². The lowest BCUT2D eigenvalue weighted by molar-refractivity contribution is 0.186. The van der Waals surface area contributed by atoms with Crippen LogP contribution in [0.3, 0.4) is 0 Å². The molecule has 1 heterocycles. The highest BCUT2D eigenvalue weighted by molar-refractivity contribution is 4.92. The molecule has 3 atom stereocenters. The Labute approximate surface area is 99.3 Å². The molecule has 1 saturated heterocycles. The van der Waals surface area contributed by atoms with Gasteiger partial charge in [-0.2, -0.15) is 0 Å². The maximum absolute atomic E-state index is 5.10. The minimum absolute atomic E-state index is 0.728. The first-order valence-electron chi connectivity index (χ1n) is 6.87. The van der Waals surface area contributed by atoms with Gasteiger partial charge in [-0.25, -0.2) is 0 Å². The summed E-state index contributed by atoms with van der Waals surface area (Å²) >= 11 is 0. The molecule has 1 aliphatic heterocycles. The van der Waals surface area contributed by atoms with Crippen molar-refractivity contribution in [3.8, 4) is 0 Å². The van der Waals surface area contributed by atoms with Crippen LogP contribution in [0.1, 0.15) is 38.5 Å². The molecule has 1 aliphatic carbocycles. The lowest BCUT2D eigenvalue weighted by Crippen LogP contribution is -2.47.